The first kappa shape index (κ1) is 25.2. The molecule has 1 aromatic carbocycles. The molecule has 3 N–H and O–H groups in total. The number of nitrogens with two attached hydrogens (primary N) is 1. The standard InChI is InChI=1S/C22H35N3O3.ClH/c1-15(2)20-9-8-19(13-16(20)3)28-17(4)22(27)25-12-6-5-7-18(25)14-24-21(26)10-11-23;/h8-9,13,15,17-18H,5-7,10-12,14,23H2,1-4H3,(H,24,26);1H. The second-order valence-corrected chi connectivity index (χ2v) is 7.96. The van der Waals surface area contributed by atoms with Gasteiger partial charge in [-0.25, -0.2) is 0 Å². The monoisotopic (exact) mass is 425 g/mol. The molecule has 164 valence electrons. The smallest absolute Gasteiger partial charge is 0.263 e. The Morgan fingerprint density at radius 3 is 2.62 bits per heavy atom. The maximum absolute atomic E-state index is 13.0. The van der Waals surface area contributed by atoms with E-state index in [1.54, 1.807) is 6.92 Å². The number of aryl methyl sites for hydroxylation is 1. The van der Waals surface area contributed by atoms with Crippen LogP contribution in [0.4, 0.5) is 0 Å². The number of nitrogens with one attached hydrogen (secondary N) is 1. The third kappa shape index (κ3) is 7.19. The maximum atomic E-state index is 13.0. The fourth-order valence-corrected chi connectivity index (χ4v) is 3.81. The van der Waals surface area contributed by atoms with Gasteiger partial charge in [-0.15, -0.1) is 12.4 Å². The van der Waals surface area contributed by atoms with E-state index in [1.165, 1.54) is 11.1 Å². The van der Waals surface area contributed by atoms with E-state index in [9.17, 15) is 9.59 Å². The van der Waals surface area contributed by atoms with E-state index < -0.39 is 6.10 Å². The van der Waals surface area contributed by atoms with Crippen LogP contribution in [0.2, 0.25) is 0 Å². The Morgan fingerprint density at radius 2 is 2.00 bits per heavy atom. The molecule has 2 rings (SSSR count). The van der Waals surface area contributed by atoms with Crippen LogP contribution in [0.5, 0.6) is 5.75 Å². The van der Waals surface area contributed by atoms with E-state index in [0.717, 1.165) is 19.3 Å². The lowest BCUT2D eigenvalue weighted by molar-refractivity contribution is -0.142. The van der Waals surface area contributed by atoms with Gasteiger partial charge < -0.3 is 20.7 Å². The van der Waals surface area contributed by atoms with Crippen LogP contribution in [0.1, 0.15) is 63.5 Å². The van der Waals surface area contributed by atoms with Crippen molar-refractivity contribution in [1.82, 2.24) is 10.2 Å². The molecule has 0 aliphatic carbocycles. The van der Waals surface area contributed by atoms with Crippen molar-refractivity contribution < 1.29 is 14.3 Å². The molecule has 2 unspecified atom stereocenters. The summed E-state index contributed by atoms with van der Waals surface area (Å²) in [5.41, 5.74) is 7.88. The highest BCUT2D eigenvalue weighted by molar-refractivity contribution is 5.85. The zero-order chi connectivity index (χ0) is 20.7. The fraction of sp³-hybridized carbons (Fsp3) is 0.636. The highest BCUT2D eigenvalue weighted by atomic mass is 35.5. The van der Waals surface area contributed by atoms with Crippen LogP contribution in [-0.4, -0.2) is 48.5 Å². The first-order chi connectivity index (χ1) is 13.3. The molecule has 0 saturated carbocycles. The van der Waals surface area contributed by atoms with Crippen LogP contribution in [-0.2, 0) is 9.59 Å². The van der Waals surface area contributed by atoms with E-state index in [4.69, 9.17) is 10.5 Å². The van der Waals surface area contributed by atoms with Crippen molar-refractivity contribution in [3.05, 3.63) is 29.3 Å². The van der Waals surface area contributed by atoms with E-state index >= 15 is 0 Å². The lowest BCUT2D eigenvalue weighted by Gasteiger charge is -2.37. The third-order valence-electron chi connectivity index (χ3n) is 5.34. The van der Waals surface area contributed by atoms with E-state index in [-0.39, 0.29) is 30.3 Å². The SMILES string of the molecule is Cc1cc(OC(C)C(=O)N2CCCCC2CNC(=O)CCN)ccc1C(C)C.Cl. The molecule has 1 heterocycles. The van der Waals surface area contributed by atoms with Crippen LogP contribution < -0.4 is 15.8 Å². The van der Waals surface area contributed by atoms with Crippen LogP contribution in [0, 0.1) is 6.92 Å². The molecule has 7 heteroatoms. The van der Waals surface area contributed by atoms with Crippen LogP contribution in [0.3, 0.4) is 0 Å². The summed E-state index contributed by atoms with van der Waals surface area (Å²) in [4.78, 5) is 26.6. The molecule has 6 nitrogen and oxygen atoms in total. The fourth-order valence-electron chi connectivity index (χ4n) is 3.81. The second kappa shape index (κ2) is 12.0. The van der Waals surface area contributed by atoms with Crippen molar-refractivity contribution in [3.8, 4) is 5.75 Å². The van der Waals surface area contributed by atoms with Crippen molar-refractivity contribution in [2.75, 3.05) is 19.6 Å². The quantitative estimate of drug-likeness (QED) is 0.670. The number of halogens is 1. The molecule has 1 fully saturated rings. The summed E-state index contributed by atoms with van der Waals surface area (Å²) in [5.74, 6) is 1.08. The van der Waals surface area contributed by atoms with Gasteiger partial charge in [0, 0.05) is 32.1 Å². The third-order valence-corrected chi connectivity index (χ3v) is 5.34. The number of hydrogen-bond acceptors (Lipinski definition) is 4. The summed E-state index contributed by atoms with van der Waals surface area (Å²) in [5, 5.41) is 2.90. The van der Waals surface area contributed by atoms with Gasteiger partial charge in [-0.1, -0.05) is 19.9 Å². The number of rotatable bonds is 8. The molecule has 29 heavy (non-hydrogen) atoms. The van der Waals surface area contributed by atoms with Crippen LogP contribution in [0.15, 0.2) is 18.2 Å². The Balaban J connectivity index is 0.00000420. The number of carbonyl (C=O) groups excluding carboxylic acids is 2. The number of likely N-dealkylation sites (tertiary alicyclic amines) is 1. The highest BCUT2D eigenvalue weighted by Gasteiger charge is 2.30. The van der Waals surface area contributed by atoms with E-state index in [1.807, 2.05) is 17.0 Å². The molecule has 0 bridgehead atoms. The van der Waals surface area contributed by atoms with Crippen molar-refractivity contribution in [3.63, 3.8) is 0 Å². The van der Waals surface area contributed by atoms with Gasteiger partial charge in [-0.3, -0.25) is 9.59 Å². The molecule has 0 radical (unpaired) electrons. The van der Waals surface area contributed by atoms with E-state index in [2.05, 4.69) is 32.2 Å². The van der Waals surface area contributed by atoms with Crippen LogP contribution >= 0.6 is 12.4 Å². The number of ether oxygens (including phenoxy) is 1. The average Bonchev–Trinajstić information content (AvgIpc) is 2.66. The predicted molar refractivity (Wildman–Crippen MR) is 119 cm³/mol. The molecule has 0 spiro atoms. The van der Waals surface area contributed by atoms with Gasteiger partial charge in [0.25, 0.3) is 5.91 Å². The second-order valence-electron chi connectivity index (χ2n) is 7.96. The average molecular weight is 426 g/mol. The first-order valence-corrected chi connectivity index (χ1v) is 10.4. The van der Waals surface area contributed by atoms with Crippen LogP contribution in [0.25, 0.3) is 0 Å². The topological polar surface area (TPSA) is 84.7 Å². The molecule has 2 atom stereocenters. The Kier molecular flexibility index (Phi) is 10.5. The molecule has 1 aromatic rings. The molecule has 1 aliphatic heterocycles. The molecule has 1 aliphatic rings. The Morgan fingerprint density at radius 1 is 1.28 bits per heavy atom. The van der Waals surface area contributed by atoms with Crippen molar-refractivity contribution >= 4 is 24.2 Å². The van der Waals surface area contributed by atoms with Gasteiger partial charge in [-0.2, -0.15) is 0 Å². The minimum absolute atomic E-state index is 0. The zero-order valence-electron chi connectivity index (χ0n) is 18.1. The van der Waals surface area contributed by atoms with E-state index in [0.29, 0.717) is 37.7 Å². The summed E-state index contributed by atoms with van der Waals surface area (Å²) in [6.07, 6.45) is 2.68. The molecule has 0 aromatic heterocycles. The zero-order valence-corrected chi connectivity index (χ0v) is 18.9. The number of nitrogens with zero attached hydrogens (tertiary/aromatic N) is 1. The highest BCUT2D eigenvalue weighted by Crippen LogP contribution is 2.25. The van der Waals surface area contributed by atoms with Gasteiger partial charge in [0.2, 0.25) is 5.91 Å². The van der Waals surface area contributed by atoms with Crippen molar-refractivity contribution in [2.24, 2.45) is 5.73 Å². The lowest BCUT2D eigenvalue weighted by atomic mass is 9.98. The number of carbonyl (C=O) groups is 2. The molecule has 2 amide bonds. The molecular formula is C22H36ClN3O3. The van der Waals surface area contributed by atoms with Gasteiger partial charge >= 0.3 is 0 Å². The van der Waals surface area contributed by atoms with Crippen molar-refractivity contribution in [2.45, 2.75) is 71.4 Å². The summed E-state index contributed by atoms with van der Waals surface area (Å²) in [7, 11) is 0. The molecule has 1 saturated heterocycles. The minimum Gasteiger partial charge on any atom is -0.481 e. The normalized spacial score (nSPS) is 17.4. The van der Waals surface area contributed by atoms with Gasteiger partial charge in [0.1, 0.15) is 5.75 Å². The summed E-state index contributed by atoms with van der Waals surface area (Å²) in [6.45, 7) is 9.70. The number of amides is 2. The number of piperidine rings is 1. The Hall–Kier alpha value is -1.79. The minimum atomic E-state index is -0.565. The maximum Gasteiger partial charge on any atom is 0.263 e. The Bertz CT molecular complexity index is 681. The predicted octanol–water partition coefficient (Wildman–Crippen LogP) is 3.15. The summed E-state index contributed by atoms with van der Waals surface area (Å²) >= 11 is 0. The number of benzene rings is 1. The largest absolute Gasteiger partial charge is 0.481 e. The van der Waals surface area contributed by atoms with Gasteiger partial charge in [-0.05, 0) is 62.3 Å². The first-order valence-electron chi connectivity index (χ1n) is 10.4. The van der Waals surface area contributed by atoms with Crippen molar-refractivity contribution in [1.29, 1.82) is 0 Å². The lowest BCUT2D eigenvalue weighted by Crippen LogP contribution is -2.52. The summed E-state index contributed by atoms with van der Waals surface area (Å²) < 4.78 is 5.96. The van der Waals surface area contributed by atoms with Gasteiger partial charge in [0.15, 0.2) is 6.10 Å². The Labute approximate surface area is 181 Å². The summed E-state index contributed by atoms with van der Waals surface area (Å²) in [6, 6.07) is 6.02. The number of hydrogen-bond donors (Lipinski definition) is 2. The molecular weight excluding hydrogens is 390 g/mol. The van der Waals surface area contributed by atoms with Gasteiger partial charge in [0.05, 0.1) is 0 Å².